The summed E-state index contributed by atoms with van der Waals surface area (Å²) in [6.07, 6.45) is 1.57. The Bertz CT molecular complexity index is 1220. The van der Waals surface area contributed by atoms with Crippen molar-refractivity contribution in [1.82, 2.24) is 4.90 Å². The number of amides is 3. The van der Waals surface area contributed by atoms with Crippen molar-refractivity contribution in [3.63, 3.8) is 0 Å². The number of anilines is 2. The third-order valence-corrected chi connectivity index (χ3v) is 7.36. The molecular formula is C31H43Ar2N3O5. The van der Waals surface area contributed by atoms with Crippen molar-refractivity contribution in [1.29, 1.82) is 0 Å². The molecule has 2 atom stereocenters. The number of ether oxygens (including phenoxy) is 1. The Morgan fingerprint density at radius 2 is 1.27 bits per heavy atom. The molecule has 0 aromatic heterocycles. The number of hydrogen-bond donors (Lipinski definition) is 1. The Balaban J connectivity index is 0.000000402. The van der Waals surface area contributed by atoms with Crippen LogP contribution in [-0.2, 0) is 9.59 Å². The van der Waals surface area contributed by atoms with E-state index in [0.717, 1.165) is 36.3 Å². The summed E-state index contributed by atoms with van der Waals surface area (Å²) < 4.78 is 5.31. The average Bonchev–Trinajstić information content (AvgIpc) is 3.45. The maximum absolute atomic E-state index is 12.4. The van der Waals surface area contributed by atoms with Crippen LogP contribution in [0.1, 0.15) is 77.3 Å². The van der Waals surface area contributed by atoms with Crippen molar-refractivity contribution >= 4 is 29.3 Å². The van der Waals surface area contributed by atoms with Crippen LogP contribution in [0.4, 0.5) is 16.2 Å². The predicted molar refractivity (Wildman–Crippen MR) is 155 cm³/mol. The molecule has 1 N–H and O–H groups in total. The van der Waals surface area contributed by atoms with E-state index >= 15 is 0 Å². The van der Waals surface area contributed by atoms with Gasteiger partial charge in [-0.05, 0) is 36.1 Å². The molecule has 2 aliphatic rings. The summed E-state index contributed by atoms with van der Waals surface area (Å²) in [4.78, 5) is 41.2. The van der Waals surface area contributed by atoms with Gasteiger partial charge in [-0.25, -0.2) is 4.79 Å². The van der Waals surface area contributed by atoms with Crippen LogP contribution in [0.25, 0.3) is 0 Å². The molecule has 0 fully saturated rings. The van der Waals surface area contributed by atoms with Gasteiger partial charge in [0.25, 0.3) is 0 Å². The first kappa shape index (κ1) is 38.0. The van der Waals surface area contributed by atoms with Crippen molar-refractivity contribution in [3.8, 4) is 11.5 Å². The number of phenolic OH excluding ortho intramolecular Hbond substituents is 1. The number of carbonyl (C=O) groups is 3. The number of fused-ring (bicyclic) bond motifs is 2. The van der Waals surface area contributed by atoms with Gasteiger partial charge in [0.05, 0.1) is 11.4 Å². The molecule has 0 saturated carbocycles. The molecule has 2 heterocycles. The van der Waals surface area contributed by atoms with Crippen LogP contribution in [0.5, 0.6) is 11.5 Å². The van der Waals surface area contributed by atoms with E-state index in [9.17, 15) is 19.5 Å². The van der Waals surface area contributed by atoms with Gasteiger partial charge in [-0.1, -0.05) is 53.7 Å². The quantitative estimate of drug-likeness (QED) is 0.436. The van der Waals surface area contributed by atoms with Gasteiger partial charge in [0.15, 0.2) is 0 Å². The smallest absolute Gasteiger partial charge is 0.414 e. The second-order valence-electron chi connectivity index (χ2n) is 11.1. The Morgan fingerprint density at radius 1 is 0.829 bits per heavy atom. The van der Waals surface area contributed by atoms with Crippen LogP contribution in [0, 0.1) is 87.3 Å². The zero-order valence-electron chi connectivity index (χ0n) is 25.2. The molecule has 0 radical (unpaired) electrons. The fourth-order valence-corrected chi connectivity index (χ4v) is 5.04. The Morgan fingerprint density at radius 3 is 1.68 bits per heavy atom. The zero-order chi connectivity index (χ0) is 29.0. The third kappa shape index (κ3) is 8.99. The first-order chi connectivity index (χ1) is 18.4. The van der Waals surface area contributed by atoms with Crippen LogP contribution >= 0.6 is 0 Å². The van der Waals surface area contributed by atoms with Crippen LogP contribution < -0.4 is 14.5 Å². The van der Waals surface area contributed by atoms with E-state index in [1.807, 2.05) is 49.6 Å². The fourth-order valence-electron chi connectivity index (χ4n) is 5.04. The third-order valence-electron chi connectivity index (χ3n) is 7.36. The SMILES string of the molecule is CC[C@@H]1CN(C(=O)C(C)C)c2cc(O)ccc21.CC[C@@H]1CN(C(=O)C(C)C)c2cc(OC(=O)N(C)C)ccc21.[Ar].[Ar]. The first-order valence-corrected chi connectivity index (χ1v) is 13.9. The maximum atomic E-state index is 12.4. The van der Waals surface area contributed by atoms with Crippen LogP contribution in [-0.4, -0.2) is 55.1 Å². The number of hydrogen-bond acceptors (Lipinski definition) is 5. The van der Waals surface area contributed by atoms with Crippen molar-refractivity contribution in [2.75, 3.05) is 37.0 Å². The molecule has 3 amide bonds. The molecule has 2 aromatic rings. The molecule has 2 aromatic carbocycles. The molecule has 0 unspecified atom stereocenters. The number of aromatic hydroxyl groups is 1. The molecular weight excluding hydrogens is 574 g/mol. The van der Waals surface area contributed by atoms with E-state index in [-0.39, 0.29) is 105 Å². The summed E-state index contributed by atoms with van der Waals surface area (Å²) in [5.41, 5.74) is 4.09. The topological polar surface area (TPSA) is 90.4 Å². The number of phenols is 1. The monoisotopic (exact) mass is 617 g/mol. The summed E-state index contributed by atoms with van der Waals surface area (Å²) in [6.45, 7) is 13.3. The van der Waals surface area contributed by atoms with E-state index in [0.29, 0.717) is 24.1 Å². The minimum Gasteiger partial charge on any atom is -0.508 e. The second kappa shape index (κ2) is 16.7. The van der Waals surface area contributed by atoms with Gasteiger partial charge in [0.2, 0.25) is 11.8 Å². The van der Waals surface area contributed by atoms with Gasteiger partial charge in [0, 0.05) is 138 Å². The van der Waals surface area contributed by atoms with Crippen molar-refractivity contribution in [2.24, 2.45) is 11.8 Å². The summed E-state index contributed by atoms with van der Waals surface area (Å²) in [6, 6.07) is 10.9. The fraction of sp³-hybridized carbons (Fsp3) is 0.516. The normalized spacial score (nSPS) is 16.6. The maximum Gasteiger partial charge on any atom is 0.414 e. The summed E-state index contributed by atoms with van der Waals surface area (Å²) in [5, 5.41) is 9.56. The van der Waals surface area contributed by atoms with E-state index in [2.05, 4.69) is 13.8 Å². The van der Waals surface area contributed by atoms with E-state index in [4.69, 9.17) is 4.74 Å². The molecule has 8 nitrogen and oxygen atoms in total. The summed E-state index contributed by atoms with van der Waals surface area (Å²) >= 11 is 0. The molecule has 0 aliphatic carbocycles. The van der Waals surface area contributed by atoms with Gasteiger partial charge in [0.1, 0.15) is 11.5 Å². The van der Waals surface area contributed by atoms with Gasteiger partial charge in [-0.2, -0.15) is 0 Å². The predicted octanol–water partition coefficient (Wildman–Crippen LogP) is 6.13. The number of rotatable bonds is 5. The first-order valence-electron chi connectivity index (χ1n) is 13.9. The average molecular weight is 618 g/mol. The van der Waals surface area contributed by atoms with Gasteiger partial charge in [-0.15, -0.1) is 0 Å². The number of carbonyl (C=O) groups excluding carboxylic acids is 3. The Labute approximate surface area is 304 Å². The van der Waals surface area contributed by atoms with Crippen LogP contribution in [0.15, 0.2) is 36.4 Å². The minimum absolute atomic E-state index is 0. The van der Waals surface area contributed by atoms with Crippen molar-refractivity contribution in [3.05, 3.63) is 47.5 Å². The minimum atomic E-state index is -0.424. The van der Waals surface area contributed by atoms with E-state index < -0.39 is 6.09 Å². The largest absolute Gasteiger partial charge is 0.508 e. The Kier molecular flexibility index (Phi) is 15.5. The van der Waals surface area contributed by atoms with Gasteiger partial charge >= 0.3 is 6.09 Å². The second-order valence-corrected chi connectivity index (χ2v) is 11.1. The van der Waals surface area contributed by atoms with Crippen LogP contribution in [0.2, 0.25) is 0 Å². The number of nitrogens with zero attached hydrogens (tertiary/aromatic N) is 3. The summed E-state index contributed by atoms with van der Waals surface area (Å²) in [7, 11) is 3.27. The number of benzene rings is 2. The van der Waals surface area contributed by atoms with Gasteiger partial charge in [-0.3, -0.25) is 9.59 Å². The molecule has 0 bridgehead atoms. The molecule has 10 heteroatoms. The van der Waals surface area contributed by atoms with E-state index in [1.54, 1.807) is 38.4 Å². The molecule has 4 rings (SSSR count). The molecule has 0 spiro atoms. The molecule has 41 heavy (non-hydrogen) atoms. The molecule has 2 aliphatic heterocycles. The van der Waals surface area contributed by atoms with Crippen LogP contribution in [0.3, 0.4) is 0 Å². The van der Waals surface area contributed by atoms with Gasteiger partial charge < -0.3 is 24.5 Å². The standard InChI is InChI=1S/C17H24N2O3.C14H19NO2.2Ar/c1-6-12-10-19(16(20)11(2)3)15-9-13(7-8-14(12)15)22-17(21)18(4)5;1-4-10-8-15(14(17)9(2)3)13-7-11(16)5-6-12(10)13;;/h7-9,11-12H,6,10H2,1-5H3;5-7,9-10,16H,4,8H2,1-3H3;;/t12-;10-;;/m11../s1. The molecule has 0 saturated heterocycles. The van der Waals surface area contributed by atoms with Crippen molar-refractivity contribution < 1.29 is 99.7 Å². The zero-order valence-corrected chi connectivity index (χ0v) is 26.6. The van der Waals surface area contributed by atoms with E-state index in [1.165, 1.54) is 10.5 Å². The van der Waals surface area contributed by atoms with Crippen molar-refractivity contribution in [2.45, 2.75) is 66.2 Å². The Hall–Kier alpha value is -1.03. The summed E-state index contributed by atoms with van der Waals surface area (Å²) in [5.74, 6) is 1.60. The molecule has 228 valence electrons.